The van der Waals surface area contributed by atoms with Gasteiger partial charge in [0.2, 0.25) is 5.91 Å². The first-order chi connectivity index (χ1) is 13.6. The lowest BCUT2D eigenvalue weighted by Gasteiger charge is -2.31. The minimum atomic E-state index is -0.555. The van der Waals surface area contributed by atoms with Crippen molar-refractivity contribution in [3.8, 4) is 0 Å². The van der Waals surface area contributed by atoms with Crippen LogP contribution in [0, 0.1) is 5.92 Å². The number of nitrogens with zero attached hydrogens (tertiary/aromatic N) is 3. The van der Waals surface area contributed by atoms with E-state index in [9.17, 15) is 9.59 Å². The van der Waals surface area contributed by atoms with Gasteiger partial charge in [0, 0.05) is 35.1 Å². The van der Waals surface area contributed by atoms with Gasteiger partial charge in [0.1, 0.15) is 6.04 Å². The molecule has 0 unspecified atom stereocenters. The molecule has 1 aliphatic heterocycles. The van der Waals surface area contributed by atoms with E-state index in [1.807, 2.05) is 0 Å². The Morgan fingerprint density at radius 2 is 2.07 bits per heavy atom. The summed E-state index contributed by atoms with van der Waals surface area (Å²) in [4.78, 5) is 36.0. The van der Waals surface area contributed by atoms with Gasteiger partial charge < -0.3 is 10.2 Å². The first kappa shape index (κ1) is 18.9. The molecule has 0 spiro atoms. The summed E-state index contributed by atoms with van der Waals surface area (Å²) in [6.45, 7) is 0.360. The highest BCUT2D eigenvalue weighted by Gasteiger charge is 2.38. The number of carbonyl (C=O) groups is 2. The molecule has 2 aromatic rings. The highest BCUT2D eigenvalue weighted by atomic mass is 35.5. The van der Waals surface area contributed by atoms with Gasteiger partial charge in [0.25, 0.3) is 5.91 Å². The zero-order valence-corrected chi connectivity index (χ0v) is 16.4. The molecular formula is C21H23ClN4O2. The van der Waals surface area contributed by atoms with Crippen LogP contribution in [0.2, 0.25) is 5.02 Å². The van der Waals surface area contributed by atoms with E-state index in [4.69, 9.17) is 11.6 Å². The van der Waals surface area contributed by atoms with E-state index in [1.165, 1.54) is 31.7 Å². The fourth-order valence-corrected chi connectivity index (χ4v) is 4.49. The molecule has 1 aliphatic carbocycles. The van der Waals surface area contributed by atoms with Crippen molar-refractivity contribution in [2.75, 3.05) is 5.32 Å². The second kappa shape index (κ2) is 8.27. The number of benzene rings is 1. The quantitative estimate of drug-likeness (QED) is 0.823. The van der Waals surface area contributed by atoms with E-state index in [0.29, 0.717) is 35.3 Å². The number of hydrogen-bond acceptors (Lipinski definition) is 4. The Kier molecular flexibility index (Phi) is 5.57. The zero-order valence-electron chi connectivity index (χ0n) is 15.6. The number of carbonyl (C=O) groups excluding carboxylic acids is 2. The highest BCUT2D eigenvalue weighted by molar-refractivity contribution is 6.32. The van der Waals surface area contributed by atoms with Crippen LogP contribution >= 0.6 is 11.6 Å². The van der Waals surface area contributed by atoms with Gasteiger partial charge in [-0.3, -0.25) is 14.6 Å². The van der Waals surface area contributed by atoms with Crippen LogP contribution in [0.5, 0.6) is 0 Å². The van der Waals surface area contributed by atoms with Gasteiger partial charge in [-0.15, -0.1) is 0 Å². The molecule has 7 heteroatoms. The molecule has 0 radical (unpaired) electrons. The average molecular weight is 399 g/mol. The third-order valence-corrected chi connectivity index (χ3v) is 6.07. The second-order valence-electron chi connectivity index (χ2n) is 7.53. The van der Waals surface area contributed by atoms with E-state index in [2.05, 4.69) is 15.3 Å². The average Bonchev–Trinajstić information content (AvgIpc) is 3.05. The summed E-state index contributed by atoms with van der Waals surface area (Å²) >= 11 is 6.31. The lowest BCUT2D eigenvalue weighted by Crippen LogP contribution is -2.45. The van der Waals surface area contributed by atoms with Crippen molar-refractivity contribution in [3.63, 3.8) is 0 Å². The minimum absolute atomic E-state index is 0.132. The van der Waals surface area contributed by atoms with Crippen molar-refractivity contribution in [2.24, 2.45) is 5.92 Å². The number of rotatable bonds is 5. The zero-order chi connectivity index (χ0) is 19.5. The topological polar surface area (TPSA) is 75.2 Å². The van der Waals surface area contributed by atoms with Gasteiger partial charge in [-0.05, 0) is 24.5 Å². The molecule has 6 nitrogen and oxygen atoms in total. The number of fused-ring (bicyclic) bond motifs is 1. The number of anilines is 1. The first-order valence-corrected chi connectivity index (χ1v) is 10.2. The summed E-state index contributed by atoms with van der Waals surface area (Å²) in [6, 6.07) is 4.79. The molecule has 0 bridgehead atoms. The number of amides is 2. The predicted molar refractivity (Wildman–Crippen MR) is 107 cm³/mol. The molecule has 2 amide bonds. The smallest absolute Gasteiger partial charge is 0.255 e. The van der Waals surface area contributed by atoms with Gasteiger partial charge in [-0.25, -0.2) is 4.98 Å². The third kappa shape index (κ3) is 3.87. The second-order valence-corrected chi connectivity index (χ2v) is 7.94. The van der Waals surface area contributed by atoms with E-state index < -0.39 is 6.04 Å². The summed E-state index contributed by atoms with van der Waals surface area (Å²) in [6.07, 6.45) is 11.1. The maximum absolute atomic E-state index is 13.1. The lowest BCUT2D eigenvalue weighted by atomic mass is 9.84. The molecule has 1 aromatic carbocycles. The predicted octanol–water partition coefficient (Wildman–Crippen LogP) is 4.06. The van der Waals surface area contributed by atoms with E-state index in [1.54, 1.807) is 29.3 Å². The van der Waals surface area contributed by atoms with Crippen LogP contribution in [0.3, 0.4) is 0 Å². The van der Waals surface area contributed by atoms with Crippen molar-refractivity contribution >= 4 is 29.2 Å². The van der Waals surface area contributed by atoms with Crippen LogP contribution in [0.15, 0.2) is 36.8 Å². The molecule has 1 atom stereocenters. The molecular weight excluding hydrogens is 376 g/mol. The molecule has 1 N–H and O–H groups in total. The van der Waals surface area contributed by atoms with E-state index in [0.717, 1.165) is 18.4 Å². The Hall–Kier alpha value is -2.47. The molecule has 1 aromatic heterocycles. The summed E-state index contributed by atoms with van der Waals surface area (Å²) in [5.74, 6) is 0.484. The molecule has 0 saturated heterocycles. The van der Waals surface area contributed by atoms with Gasteiger partial charge in [0.05, 0.1) is 6.20 Å². The van der Waals surface area contributed by atoms with Gasteiger partial charge in [-0.1, -0.05) is 49.8 Å². The summed E-state index contributed by atoms with van der Waals surface area (Å²) < 4.78 is 0. The van der Waals surface area contributed by atoms with Crippen LogP contribution in [0.1, 0.15) is 54.4 Å². The molecule has 28 heavy (non-hydrogen) atoms. The van der Waals surface area contributed by atoms with Crippen molar-refractivity contribution in [3.05, 3.63) is 52.9 Å². The lowest BCUT2D eigenvalue weighted by molar-refractivity contribution is -0.121. The third-order valence-electron chi connectivity index (χ3n) is 5.71. The maximum atomic E-state index is 13.1. The van der Waals surface area contributed by atoms with Crippen LogP contribution < -0.4 is 5.32 Å². The van der Waals surface area contributed by atoms with Gasteiger partial charge in [0.15, 0.2) is 5.82 Å². The number of halogens is 1. The number of nitrogens with one attached hydrogen (secondary N) is 1. The summed E-state index contributed by atoms with van der Waals surface area (Å²) in [5.41, 5.74) is 1.39. The normalized spacial score (nSPS) is 18.0. The van der Waals surface area contributed by atoms with Gasteiger partial charge in [-0.2, -0.15) is 0 Å². The molecule has 1 saturated carbocycles. The van der Waals surface area contributed by atoms with E-state index >= 15 is 0 Å². The van der Waals surface area contributed by atoms with Crippen LogP contribution in [-0.4, -0.2) is 32.7 Å². The maximum Gasteiger partial charge on any atom is 0.255 e. The fourth-order valence-electron chi connectivity index (χ4n) is 4.26. The van der Waals surface area contributed by atoms with E-state index in [-0.39, 0.29) is 11.8 Å². The molecule has 2 heterocycles. The summed E-state index contributed by atoms with van der Waals surface area (Å²) in [7, 11) is 0. The van der Waals surface area contributed by atoms with Crippen molar-refractivity contribution < 1.29 is 9.59 Å². The molecule has 1 fully saturated rings. The van der Waals surface area contributed by atoms with Crippen molar-refractivity contribution in [2.45, 2.75) is 51.1 Å². The Morgan fingerprint density at radius 1 is 1.25 bits per heavy atom. The number of aromatic nitrogens is 2. The highest BCUT2D eigenvalue weighted by Crippen LogP contribution is 2.34. The minimum Gasteiger partial charge on any atom is -0.322 e. The Morgan fingerprint density at radius 3 is 2.79 bits per heavy atom. The first-order valence-electron chi connectivity index (χ1n) is 9.78. The molecule has 146 valence electrons. The summed E-state index contributed by atoms with van der Waals surface area (Å²) in [5, 5.41) is 3.40. The van der Waals surface area contributed by atoms with Crippen molar-refractivity contribution in [1.82, 2.24) is 14.9 Å². The fraction of sp³-hybridized carbons (Fsp3) is 0.429. The Balaban J connectivity index is 1.58. The van der Waals surface area contributed by atoms with Crippen molar-refractivity contribution in [1.29, 1.82) is 0 Å². The van der Waals surface area contributed by atoms with Crippen LogP contribution in [-0.2, 0) is 11.3 Å². The van der Waals surface area contributed by atoms with Crippen LogP contribution in [0.25, 0.3) is 0 Å². The Bertz CT molecular complexity index is 868. The SMILES string of the molecule is O=C(Nc1cnccn1)[C@H](CC1CCCCC1)N1Cc2c(Cl)cccc2C1=O. The standard InChI is InChI=1S/C21H23ClN4O2/c22-17-8-4-7-15-16(17)13-26(21(15)28)18(11-14-5-2-1-3-6-14)20(27)25-19-12-23-9-10-24-19/h4,7-10,12,14,18H,1-3,5-6,11,13H2,(H,24,25,27)/t18-/m0/s1. The Labute approximate surface area is 169 Å². The molecule has 2 aliphatic rings. The number of hydrogen-bond donors (Lipinski definition) is 1. The molecule has 4 rings (SSSR count). The van der Waals surface area contributed by atoms with Gasteiger partial charge >= 0.3 is 0 Å². The largest absolute Gasteiger partial charge is 0.322 e. The van der Waals surface area contributed by atoms with Crippen LogP contribution in [0.4, 0.5) is 5.82 Å². The monoisotopic (exact) mass is 398 g/mol.